The number of likely N-dealkylation sites (tertiary alicyclic amines) is 3. The van der Waals surface area contributed by atoms with E-state index in [0.717, 1.165) is 56.3 Å². The molecule has 2 amide bonds. The molecule has 25 heavy (non-hydrogen) atoms. The van der Waals surface area contributed by atoms with E-state index in [1.165, 1.54) is 4.88 Å². The molecule has 3 aliphatic heterocycles. The molecular weight excluding hydrogens is 358 g/mol. The van der Waals surface area contributed by atoms with E-state index in [4.69, 9.17) is 11.6 Å². The van der Waals surface area contributed by atoms with Crippen molar-refractivity contribution in [2.45, 2.75) is 37.8 Å². The van der Waals surface area contributed by atoms with Crippen molar-refractivity contribution in [2.24, 2.45) is 5.92 Å². The second kappa shape index (κ2) is 7.06. The number of nitrogens with zero attached hydrogens (tertiary/aromatic N) is 3. The lowest BCUT2D eigenvalue weighted by atomic mass is 9.75. The minimum absolute atomic E-state index is 0.136. The number of carbonyl (C=O) groups excluding carboxylic acids is 1. The molecule has 0 radical (unpaired) electrons. The average Bonchev–Trinajstić information content (AvgIpc) is 3.26. The van der Waals surface area contributed by atoms with Crippen LogP contribution in [0.15, 0.2) is 12.1 Å². The number of hydrogen-bond donors (Lipinski definition) is 1. The molecule has 4 rings (SSSR count). The van der Waals surface area contributed by atoms with E-state index in [2.05, 4.69) is 11.0 Å². The molecule has 3 fully saturated rings. The molecule has 2 atom stereocenters. The summed E-state index contributed by atoms with van der Waals surface area (Å²) in [5.74, 6) is 0.136. The maximum absolute atomic E-state index is 12.7. The van der Waals surface area contributed by atoms with Gasteiger partial charge in [-0.15, -0.1) is 11.3 Å². The third kappa shape index (κ3) is 3.68. The van der Waals surface area contributed by atoms with Crippen LogP contribution in [0.25, 0.3) is 0 Å². The first-order valence-corrected chi connectivity index (χ1v) is 10.5. The maximum Gasteiger partial charge on any atom is 0.320 e. The average molecular weight is 384 g/mol. The Morgan fingerprint density at radius 3 is 2.64 bits per heavy atom. The van der Waals surface area contributed by atoms with Crippen LogP contribution < -0.4 is 0 Å². The zero-order chi connectivity index (χ0) is 17.4. The molecule has 0 unspecified atom stereocenters. The lowest BCUT2D eigenvalue weighted by Crippen LogP contribution is -2.61. The van der Waals surface area contributed by atoms with Crippen LogP contribution in [0.5, 0.6) is 0 Å². The van der Waals surface area contributed by atoms with Gasteiger partial charge >= 0.3 is 6.03 Å². The third-order valence-electron chi connectivity index (χ3n) is 6.01. The fourth-order valence-corrected chi connectivity index (χ4v) is 5.58. The molecule has 0 spiro atoms. The minimum Gasteiger partial charge on any atom is -0.389 e. The van der Waals surface area contributed by atoms with Gasteiger partial charge in [-0.3, -0.25) is 4.90 Å². The number of carbonyl (C=O) groups is 1. The minimum atomic E-state index is -0.606. The predicted octanol–water partition coefficient (Wildman–Crippen LogP) is 2.88. The van der Waals surface area contributed by atoms with Gasteiger partial charge in [-0.2, -0.15) is 0 Å². The Morgan fingerprint density at radius 1 is 1.16 bits per heavy atom. The predicted molar refractivity (Wildman–Crippen MR) is 100 cm³/mol. The van der Waals surface area contributed by atoms with E-state index >= 15 is 0 Å². The third-order valence-corrected chi connectivity index (χ3v) is 7.23. The molecule has 4 heterocycles. The number of fused-ring (bicyclic) bond motifs is 1. The Balaban J connectivity index is 1.39. The van der Waals surface area contributed by atoms with Crippen molar-refractivity contribution in [2.75, 3.05) is 39.3 Å². The number of aliphatic hydroxyl groups is 1. The van der Waals surface area contributed by atoms with Crippen LogP contribution in [0.1, 0.15) is 30.6 Å². The number of amides is 2. The number of rotatable bonds is 2. The molecule has 3 saturated heterocycles. The van der Waals surface area contributed by atoms with Crippen molar-refractivity contribution >= 4 is 29.0 Å². The second-order valence-corrected chi connectivity index (χ2v) is 9.46. The van der Waals surface area contributed by atoms with Gasteiger partial charge in [0.15, 0.2) is 0 Å². The van der Waals surface area contributed by atoms with Crippen LogP contribution >= 0.6 is 22.9 Å². The maximum atomic E-state index is 12.7. The van der Waals surface area contributed by atoms with Gasteiger partial charge in [0.05, 0.1) is 9.94 Å². The molecule has 138 valence electrons. The lowest BCUT2D eigenvalue weighted by molar-refractivity contribution is -0.108. The van der Waals surface area contributed by atoms with Gasteiger partial charge in [0.2, 0.25) is 0 Å². The van der Waals surface area contributed by atoms with E-state index in [0.29, 0.717) is 19.5 Å². The highest BCUT2D eigenvalue weighted by Gasteiger charge is 2.46. The summed E-state index contributed by atoms with van der Waals surface area (Å²) in [6, 6.07) is 4.19. The van der Waals surface area contributed by atoms with Crippen LogP contribution in [-0.2, 0) is 6.54 Å². The lowest BCUT2D eigenvalue weighted by Gasteiger charge is -2.50. The van der Waals surface area contributed by atoms with Gasteiger partial charge in [0.25, 0.3) is 0 Å². The summed E-state index contributed by atoms with van der Waals surface area (Å²) >= 11 is 7.66. The van der Waals surface area contributed by atoms with Gasteiger partial charge in [-0.05, 0) is 37.8 Å². The number of piperidine rings is 2. The topological polar surface area (TPSA) is 47.0 Å². The Morgan fingerprint density at radius 2 is 1.92 bits per heavy atom. The van der Waals surface area contributed by atoms with Crippen LogP contribution in [-0.4, -0.2) is 70.7 Å². The van der Waals surface area contributed by atoms with Crippen LogP contribution in [0, 0.1) is 5.92 Å². The van der Waals surface area contributed by atoms with Gasteiger partial charge in [-0.25, -0.2) is 4.79 Å². The first-order valence-electron chi connectivity index (χ1n) is 9.26. The van der Waals surface area contributed by atoms with E-state index in [1.807, 2.05) is 15.9 Å². The first kappa shape index (κ1) is 17.6. The van der Waals surface area contributed by atoms with Crippen molar-refractivity contribution in [3.63, 3.8) is 0 Å². The fourth-order valence-electron chi connectivity index (χ4n) is 4.45. The SMILES string of the molecule is O=C(N1CCCC1)N1CC[C@]2(O)CCN(Cc3ccc(Cl)s3)C[C@@H]2C1. The fraction of sp³-hybridized carbons (Fsp3) is 0.722. The summed E-state index contributed by atoms with van der Waals surface area (Å²) in [5.41, 5.74) is -0.606. The Hall–Kier alpha value is -0.820. The summed E-state index contributed by atoms with van der Waals surface area (Å²) in [6.07, 6.45) is 3.73. The van der Waals surface area contributed by atoms with E-state index < -0.39 is 5.60 Å². The molecule has 5 nitrogen and oxygen atoms in total. The number of halogens is 1. The Bertz CT molecular complexity index is 634. The Kier molecular flexibility index (Phi) is 4.97. The van der Waals surface area contributed by atoms with E-state index in [9.17, 15) is 9.90 Å². The summed E-state index contributed by atoms with van der Waals surface area (Å²) in [6.45, 7) is 5.75. The molecule has 3 aliphatic rings. The standard InChI is InChI=1S/C18H26ClN3O2S/c19-16-4-3-15(25-16)13-20-9-5-18(24)6-10-22(12-14(18)11-20)17(23)21-7-1-2-8-21/h3-4,14,24H,1-2,5-13H2/t14-,18-/m1/s1. The van der Waals surface area contributed by atoms with Crippen LogP contribution in [0.3, 0.4) is 0 Å². The summed E-state index contributed by atoms with van der Waals surface area (Å²) in [7, 11) is 0. The summed E-state index contributed by atoms with van der Waals surface area (Å²) in [5, 5.41) is 11.0. The highest BCUT2D eigenvalue weighted by atomic mass is 35.5. The molecule has 0 aromatic carbocycles. The van der Waals surface area contributed by atoms with Crippen molar-refractivity contribution < 1.29 is 9.90 Å². The molecule has 1 aromatic heterocycles. The van der Waals surface area contributed by atoms with Crippen LogP contribution in [0.2, 0.25) is 4.34 Å². The molecule has 1 N–H and O–H groups in total. The molecular formula is C18H26ClN3O2S. The number of urea groups is 1. The highest BCUT2D eigenvalue weighted by molar-refractivity contribution is 7.16. The van der Waals surface area contributed by atoms with Crippen molar-refractivity contribution in [1.82, 2.24) is 14.7 Å². The zero-order valence-electron chi connectivity index (χ0n) is 14.5. The van der Waals surface area contributed by atoms with Crippen molar-refractivity contribution in [1.29, 1.82) is 0 Å². The first-order chi connectivity index (χ1) is 12.0. The summed E-state index contributed by atoms with van der Waals surface area (Å²) < 4.78 is 0.823. The monoisotopic (exact) mass is 383 g/mol. The molecule has 1 aromatic rings. The Labute approximate surface area is 158 Å². The second-order valence-electron chi connectivity index (χ2n) is 7.66. The van der Waals surface area contributed by atoms with Gasteiger partial charge in [0.1, 0.15) is 0 Å². The van der Waals surface area contributed by atoms with E-state index in [-0.39, 0.29) is 11.9 Å². The van der Waals surface area contributed by atoms with Gasteiger partial charge < -0.3 is 14.9 Å². The highest BCUT2D eigenvalue weighted by Crippen LogP contribution is 2.37. The van der Waals surface area contributed by atoms with Crippen LogP contribution in [0.4, 0.5) is 4.79 Å². The largest absolute Gasteiger partial charge is 0.389 e. The summed E-state index contributed by atoms with van der Waals surface area (Å²) in [4.78, 5) is 20.3. The number of hydrogen-bond acceptors (Lipinski definition) is 4. The quantitative estimate of drug-likeness (QED) is 0.854. The molecule has 0 aliphatic carbocycles. The van der Waals surface area contributed by atoms with Gasteiger partial charge in [0, 0.05) is 56.6 Å². The number of thiophene rings is 1. The zero-order valence-corrected chi connectivity index (χ0v) is 16.1. The molecule has 7 heteroatoms. The van der Waals surface area contributed by atoms with Gasteiger partial charge in [-0.1, -0.05) is 11.6 Å². The molecule has 0 saturated carbocycles. The normalized spacial score (nSPS) is 30.6. The van der Waals surface area contributed by atoms with Crippen molar-refractivity contribution in [3.05, 3.63) is 21.3 Å². The van der Waals surface area contributed by atoms with Crippen molar-refractivity contribution in [3.8, 4) is 0 Å². The van der Waals surface area contributed by atoms with E-state index in [1.54, 1.807) is 11.3 Å². The smallest absolute Gasteiger partial charge is 0.320 e. The molecule has 0 bridgehead atoms.